The van der Waals surface area contributed by atoms with Gasteiger partial charge in [0.15, 0.2) is 0 Å². The molecule has 2 aliphatic rings. The predicted octanol–water partition coefficient (Wildman–Crippen LogP) is 2.58. The molecule has 7 nitrogen and oxygen atoms in total. The van der Waals surface area contributed by atoms with Gasteiger partial charge in [0.25, 0.3) is 10.1 Å². The molecular weight excluding hydrogens is 418 g/mol. The van der Waals surface area contributed by atoms with E-state index in [0.717, 1.165) is 11.1 Å². The number of aryl methyl sites for hydroxylation is 1. The third-order valence-corrected chi connectivity index (χ3v) is 7.11. The molecule has 2 aromatic carbocycles. The van der Waals surface area contributed by atoms with Crippen LogP contribution in [0.4, 0.5) is 0 Å². The molecule has 0 unspecified atom stereocenters. The van der Waals surface area contributed by atoms with Gasteiger partial charge < -0.3 is 14.8 Å². The molecule has 1 amide bonds. The highest BCUT2D eigenvalue weighted by molar-refractivity contribution is 7.86. The van der Waals surface area contributed by atoms with Gasteiger partial charge in [-0.1, -0.05) is 48.0 Å². The Bertz CT molecular complexity index is 1010. The van der Waals surface area contributed by atoms with Gasteiger partial charge in [0.1, 0.15) is 12.2 Å². The van der Waals surface area contributed by atoms with E-state index in [1.54, 1.807) is 12.1 Å². The van der Waals surface area contributed by atoms with Crippen LogP contribution in [0.25, 0.3) is 0 Å². The second kappa shape index (κ2) is 9.08. The first kappa shape index (κ1) is 22.0. The van der Waals surface area contributed by atoms with Crippen LogP contribution < -0.4 is 5.32 Å². The van der Waals surface area contributed by atoms with Gasteiger partial charge in [-0.3, -0.25) is 8.98 Å². The topological polar surface area (TPSA) is 90.9 Å². The number of rotatable bonds is 7. The lowest BCUT2D eigenvalue weighted by atomic mass is 9.82. The van der Waals surface area contributed by atoms with Gasteiger partial charge in [0.2, 0.25) is 5.91 Å². The van der Waals surface area contributed by atoms with Crippen LogP contribution in [0.3, 0.4) is 0 Å². The van der Waals surface area contributed by atoms with Crippen LogP contribution in [0.15, 0.2) is 59.5 Å². The average Bonchev–Trinajstić information content (AvgIpc) is 3.04. The number of fused-ring (bicyclic) bond motifs is 2. The lowest BCUT2D eigenvalue weighted by Crippen LogP contribution is -2.58. The predicted molar refractivity (Wildman–Crippen MR) is 114 cm³/mol. The van der Waals surface area contributed by atoms with E-state index < -0.39 is 28.4 Å². The van der Waals surface area contributed by atoms with Gasteiger partial charge in [0.05, 0.1) is 30.3 Å². The second-order valence-electron chi connectivity index (χ2n) is 8.19. The molecule has 8 heteroatoms. The number of hydrogen-bond acceptors (Lipinski definition) is 6. The fourth-order valence-electron chi connectivity index (χ4n) is 4.29. The highest BCUT2D eigenvalue weighted by Gasteiger charge is 2.53. The average molecular weight is 446 g/mol. The molecule has 0 spiro atoms. The largest absolute Gasteiger partial charge is 0.372 e. The fourth-order valence-corrected chi connectivity index (χ4v) is 5.41. The van der Waals surface area contributed by atoms with E-state index in [9.17, 15) is 13.2 Å². The second-order valence-corrected chi connectivity index (χ2v) is 9.76. The van der Waals surface area contributed by atoms with Crippen LogP contribution in [0.1, 0.15) is 24.5 Å². The van der Waals surface area contributed by atoms with Crippen molar-refractivity contribution in [2.24, 2.45) is 5.92 Å². The van der Waals surface area contributed by atoms with Crippen LogP contribution in [-0.2, 0) is 35.2 Å². The summed E-state index contributed by atoms with van der Waals surface area (Å²) in [7, 11) is -4.05. The summed E-state index contributed by atoms with van der Waals surface area (Å²) in [5.41, 5.74) is 1.97. The maximum absolute atomic E-state index is 13.0. The lowest BCUT2D eigenvalue weighted by molar-refractivity contribution is -0.125. The summed E-state index contributed by atoms with van der Waals surface area (Å²) in [6, 6.07) is 15.8. The first-order chi connectivity index (χ1) is 14.8. The Morgan fingerprint density at radius 3 is 2.48 bits per heavy atom. The molecule has 1 aliphatic carbocycles. The standard InChI is InChI=1S/C23H27NO6S/c1-15-8-10-19(11-9-15)31(26,27)30-22-20(24-16(2)25)12-18-14-29-23(22)21(18)28-13-17-6-4-3-5-7-17/h3-11,18,20-23H,12-14H2,1-2H3,(H,24,25)/t18-,20-,21-,22+,23+/m1/s1. The summed E-state index contributed by atoms with van der Waals surface area (Å²) < 4.78 is 43.7. The van der Waals surface area contributed by atoms with E-state index in [1.807, 2.05) is 37.3 Å². The van der Waals surface area contributed by atoms with E-state index in [-0.39, 0.29) is 22.8 Å². The number of carbonyl (C=O) groups is 1. The number of hydrogen-bond donors (Lipinski definition) is 1. The SMILES string of the molecule is CC(=O)N[C@@H]1C[C@@H]2CO[C@@H]([C@@H]2OCc2ccccc2)[C@H]1OS(=O)(=O)c1ccc(C)cc1. The third kappa shape index (κ3) is 4.98. The van der Waals surface area contributed by atoms with E-state index >= 15 is 0 Å². The molecule has 2 aromatic rings. The van der Waals surface area contributed by atoms with Crippen molar-refractivity contribution >= 4 is 16.0 Å². The van der Waals surface area contributed by atoms with E-state index in [4.69, 9.17) is 13.7 Å². The minimum Gasteiger partial charge on any atom is -0.372 e. The van der Waals surface area contributed by atoms with Crippen LogP contribution in [-0.4, -0.2) is 45.3 Å². The van der Waals surface area contributed by atoms with Gasteiger partial charge in [0, 0.05) is 12.8 Å². The first-order valence-electron chi connectivity index (χ1n) is 10.4. The Morgan fingerprint density at radius 1 is 1.10 bits per heavy atom. The summed E-state index contributed by atoms with van der Waals surface area (Å²) in [5.74, 6) is -0.193. The number of amides is 1. The number of ether oxygens (including phenoxy) is 2. The van der Waals surface area contributed by atoms with Crippen molar-refractivity contribution in [2.75, 3.05) is 6.61 Å². The van der Waals surface area contributed by atoms with Gasteiger partial charge in [-0.15, -0.1) is 0 Å². The molecule has 2 bridgehead atoms. The zero-order valence-corrected chi connectivity index (χ0v) is 18.4. The first-order valence-corrected chi connectivity index (χ1v) is 11.8. The molecule has 31 heavy (non-hydrogen) atoms. The number of benzene rings is 2. The Balaban J connectivity index is 1.55. The lowest BCUT2D eigenvalue weighted by Gasteiger charge is -2.39. The van der Waals surface area contributed by atoms with Crippen molar-refractivity contribution in [3.05, 3.63) is 65.7 Å². The molecule has 0 aromatic heterocycles. The van der Waals surface area contributed by atoms with E-state index in [0.29, 0.717) is 19.6 Å². The maximum Gasteiger partial charge on any atom is 0.297 e. The summed E-state index contributed by atoms with van der Waals surface area (Å²) in [6.45, 7) is 4.12. The number of carbonyl (C=O) groups excluding carboxylic acids is 1. The molecular formula is C23H27NO6S. The van der Waals surface area contributed by atoms with Crippen molar-refractivity contribution in [1.29, 1.82) is 0 Å². The zero-order chi connectivity index (χ0) is 22.0. The van der Waals surface area contributed by atoms with E-state index in [2.05, 4.69) is 5.32 Å². The Morgan fingerprint density at radius 2 is 1.81 bits per heavy atom. The monoisotopic (exact) mass is 445 g/mol. The Labute approximate surface area is 182 Å². The molecule has 166 valence electrons. The summed E-state index contributed by atoms with van der Waals surface area (Å²) in [4.78, 5) is 11.8. The van der Waals surface area contributed by atoms with Gasteiger partial charge in [-0.2, -0.15) is 8.42 Å². The van der Waals surface area contributed by atoms with Crippen LogP contribution in [0.5, 0.6) is 0 Å². The Hall–Kier alpha value is -2.26. The number of nitrogens with one attached hydrogen (secondary N) is 1. The van der Waals surface area contributed by atoms with Gasteiger partial charge >= 0.3 is 0 Å². The summed E-state index contributed by atoms with van der Waals surface area (Å²) in [6.07, 6.45) is -1.28. The highest BCUT2D eigenvalue weighted by Crippen LogP contribution is 2.39. The molecule has 5 atom stereocenters. The van der Waals surface area contributed by atoms with E-state index in [1.165, 1.54) is 19.1 Å². The molecule has 0 radical (unpaired) electrons. The van der Waals surface area contributed by atoms with Crippen LogP contribution in [0, 0.1) is 12.8 Å². The van der Waals surface area contributed by atoms with Crippen LogP contribution in [0.2, 0.25) is 0 Å². The normalized spacial score (nSPS) is 27.7. The van der Waals surface area contributed by atoms with Crippen molar-refractivity contribution in [1.82, 2.24) is 5.32 Å². The van der Waals surface area contributed by atoms with Crippen molar-refractivity contribution < 1.29 is 26.9 Å². The molecule has 1 N–H and O–H groups in total. The van der Waals surface area contributed by atoms with Crippen molar-refractivity contribution in [3.8, 4) is 0 Å². The van der Waals surface area contributed by atoms with Gasteiger partial charge in [-0.25, -0.2) is 0 Å². The smallest absolute Gasteiger partial charge is 0.297 e. The molecule has 4 rings (SSSR count). The minimum absolute atomic E-state index is 0.0486. The summed E-state index contributed by atoms with van der Waals surface area (Å²) in [5, 5.41) is 2.85. The zero-order valence-electron chi connectivity index (χ0n) is 17.6. The maximum atomic E-state index is 13.0. The molecule has 1 saturated heterocycles. The third-order valence-electron chi connectivity index (χ3n) is 5.79. The van der Waals surface area contributed by atoms with Crippen molar-refractivity contribution in [2.45, 2.75) is 56.1 Å². The summed E-state index contributed by atoms with van der Waals surface area (Å²) >= 11 is 0. The Kier molecular flexibility index (Phi) is 6.43. The molecule has 1 heterocycles. The molecule has 2 fully saturated rings. The fraction of sp³-hybridized carbons (Fsp3) is 0.435. The molecule has 1 aliphatic heterocycles. The van der Waals surface area contributed by atoms with Crippen LogP contribution >= 0.6 is 0 Å². The van der Waals surface area contributed by atoms with Gasteiger partial charge in [-0.05, 0) is 31.0 Å². The minimum atomic E-state index is -4.05. The quantitative estimate of drug-likeness (QED) is 0.659. The highest BCUT2D eigenvalue weighted by atomic mass is 32.2. The molecule has 1 saturated carbocycles. The van der Waals surface area contributed by atoms with Crippen molar-refractivity contribution in [3.63, 3.8) is 0 Å².